The molecule has 0 saturated carbocycles. The maximum Gasteiger partial charge on any atom is 2.00 e. The van der Waals surface area contributed by atoms with Crippen molar-refractivity contribution >= 4 is 49.3 Å². The van der Waals surface area contributed by atoms with Crippen LogP contribution < -0.4 is 4.74 Å². The number of pyridine rings is 3. The van der Waals surface area contributed by atoms with E-state index in [0.29, 0.717) is 11.5 Å². The number of nitrogens with zero attached hydrogens (tertiary/aromatic N) is 6. The van der Waals surface area contributed by atoms with Gasteiger partial charge in [0.25, 0.3) is 0 Å². The molecule has 0 saturated heterocycles. The second-order valence-electron chi connectivity index (χ2n) is 11.6. The van der Waals surface area contributed by atoms with Crippen LogP contribution >= 0.6 is 0 Å². The quantitative estimate of drug-likeness (QED) is 0.136. The van der Waals surface area contributed by atoms with Crippen molar-refractivity contribution in [2.75, 3.05) is 0 Å². The summed E-state index contributed by atoms with van der Waals surface area (Å²) in [5.74, 6) is 2.84. The number of aryl methyl sites for hydroxylation is 1. The van der Waals surface area contributed by atoms with Gasteiger partial charge in [-0.25, -0.2) is 4.98 Å². The molecule has 0 atom stereocenters. The van der Waals surface area contributed by atoms with Gasteiger partial charge < -0.3 is 13.7 Å². The summed E-state index contributed by atoms with van der Waals surface area (Å²) in [5.41, 5.74) is 5.28. The van der Waals surface area contributed by atoms with E-state index in [9.17, 15) is 0 Å². The standard InChI is InChI=1S/C35H26N6O.Pt/c1-21-12-17-29-32(37-21)26-16-14-22(19-27(26)33-38-39-34(41(29)33)35(2,3)4)42-23-13-15-25-24-9-5-6-10-28(24)40(30(25)20-23)31-11-7-8-18-36-31;/h5-18H,1-4H3;/q-2;+2. The van der Waals surface area contributed by atoms with Crippen LogP contribution in [0.25, 0.3) is 55.1 Å². The van der Waals surface area contributed by atoms with E-state index in [0.717, 1.165) is 66.6 Å². The molecule has 8 aromatic rings. The maximum absolute atomic E-state index is 6.42. The van der Waals surface area contributed by atoms with Gasteiger partial charge in [0.2, 0.25) is 0 Å². The molecule has 0 aliphatic heterocycles. The minimum absolute atomic E-state index is 0. The van der Waals surface area contributed by atoms with Crippen molar-refractivity contribution < 1.29 is 25.8 Å². The van der Waals surface area contributed by atoms with E-state index in [-0.39, 0.29) is 26.5 Å². The molecule has 0 aliphatic carbocycles. The monoisotopic (exact) mass is 741 g/mol. The van der Waals surface area contributed by atoms with E-state index in [2.05, 4.69) is 87.4 Å². The Labute approximate surface area is 262 Å². The molecule has 212 valence electrons. The van der Waals surface area contributed by atoms with Crippen molar-refractivity contribution in [2.45, 2.75) is 33.1 Å². The molecule has 0 spiro atoms. The Kier molecular flexibility index (Phi) is 6.33. The van der Waals surface area contributed by atoms with Crippen LogP contribution in [-0.4, -0.2) is 29.1 Å². The fourth-order valence-corrected chi connectivity index (χ4v) is 5.77. The van der Waals surface area contributed by atoms with Crippen molar-refractivity contribution in [3.8, 4) is 17.3 Å². The Hall–Kier alpha value is -4.61. The zero-order valence-corrected chi connectivity index (χ0v) is 26.3. The molecule has 0 unspecified atom stereocenters. The van der Waals surface area contributed by atoms with Gasteiger partial charge in [-0.1, -0.05) is 73.5 Å². The van der Waals surface area contributed by atoms with Crippen molar-refractivity contribution in [3.05, 3.63) is 109 Å². The summed E-state index contributed by atoms with van der Waals surface area (Å²) in [6.45, 7) is 8.42. The Morgan fingerprint density at radius 3 is 2.30 bits per heavy atom. The first kappa shape index (κ1) is 27.2. The molecule has 0 radical (unpaired) electrons. The zero-order chi connectivity index (χ0) is 28.6. The average Bonchev–Trinajstić information content (AvgIpc) is 3.58. The van der Waals surface area contributed by atoms with Crippen molar-refractivity contribution in [3.63, 3.8) is 0 Å². The van der Waals surface area contributed by atoms with Crippen LogP contribution in [-0.2, 0) is 26.5 Å². The smallest absolute Gasteiger partial charge is 0.503 e. The summed E-state index contributed by atoms with van der Waals surface area (Å²) in [6, 6.07) is 33.3. The molecular formula is C35H26N6OPt. The first-order valence-corrected chi connectivity index (χ1v) is 13.9. The number of aromatic nitrogens is 6. The molecule has 0 amide bonds. The molecule has 8 rings (SSSR count). The Morgan fingerprint density at radius 2 is 1.51 bits per heavy atom. The second-order valence-corrected chi connectivity index (χ2v) is 11.6. The van der Waals surface area contributed by atoms with Crippen LogP contribution in [0.3, 0.4) is 0 Å². The van der Waals surface area contributed by atoms with E-state index in [1.54, 1.807) is 6.20 Å². The van der Waals surface area contributed by atoms with E-state index in [4.69, 9.17) is 9.72 Å². The van der Waals surface area contributed by atoms with Crippen LogP contribution in [0.2, 0.25) is 0 Å². The summed E-state index contributed by atoms with van der Waals surface area (Å²) in [5, 5.41) is 13.2. The molecule has 8 heteroatoms. The minimum Gasteiger partial charge on any atom is -0.503 e. The van der Waals surface area contributed by atoms with E-state index in [1.807, 2.05) is 55.5 Å². The van der Waals surface area contributed by atoms with Crippen molar-refractivity contribution in [1.82, 2.24) is 29.1 Å². The molecule has 0 bridgehead atoms. The molecule has 0 fully saturated rings. The topological polar surface area (TPSA) is 70.1 Å². The van der Waals surface area contributed by atoms with Crippen LogP contribution in [0.15, 0.2) is 85.1 Å². The van der Waals surface area contributed by atoms with Crippen LogP contribution in [0.4, 0.5) is 0 Å². The molecule has 5 aromatic heterocycles. The first-order valence-electron chi connectivity index (χ1n) is 13.9. The third-order valence-electron chi connectivity index (χ3n) is 7.64. The fourth-order valence-electron chi connectivity index (χ4n) is 5.77. The summed E-state index contributed by atoms with van der Waals surface area (Å²) in [6.07, 6.45) is 1.80. The van der Waals surface area contributed by atoms with Crippen molar-refractivity contribution in [1.29, 1.82) is 0 Å². The van der Waals surface area contributed by atoms with E-state index in [1.165, 1.54) is 0 Å². The number of para-hydroxylation sites is 1. The van der Waals surface area contributed by atoms with E-state index >= 15 is 0 Å². The summed E-state index contributed by atoms with van der Waals surface area (Å²) in [4.78, 5) is 9.53. The zero-order valence-electron chi connectivity index (χ0n) is 24.0. The SMILES string of the molecule is Cc1ccc2c(n1)c1ccc(Oc3[c-]c4c(cc3)c3ccccc3n4-c3ccccn3)[c-]c1c1nnc(C(C)(C)C)n21.[Pt+2]. The number of rotatable bonds is 3. The van der Waals surface area contributed by atoms with Crippen LogP contribution in [0.5, 0.6) is 11.5 Å². The minimum atomic E-state index is -0.213. The predicted molar refractivity (Wildman–Crippen MR) is 166 cm³/mol. The van der Waals surface area contributed by atoms with Gasteiger partial charge in [-0.15, -0.1) is 28.7 Å². The molecule has 0 N–H and O–H groups in total. The fraction of sp³-hybridized carbons (Fsp3) is 0.143. The Bertz CT molecular complexity index is 2330. The van der Waals surface area contributed by atoms with Gasteiger partial charge in [0.05, 0.1) is 16.7 Å². The summed E-state index contributed by atoms with van der Waals surface area (Å²) in [7, 11) is 0. The molecule has 7 nitrogen and oxygen atoms in total. The number of hydrogen-bond donors (Lipinski definition) is 0. The molecule has 3 aromatic carbocycles. The summed E-state index contributed by atoms with van der Waals surface area (Å²) < 4.78 is 10.6. The molecule has 43 heavy (non-hydrogen) atoms. The number of hydrogen-bond acceptors (Lipinski definition) is 5. The molecular weight excluding hydrogens is 716 g/mol. The molecule has 0 aliphatic rings. The van der Waals surface area contributed by atoms with Crippen LogP contribution in [0, 0.1) is 19.1 Å². The third kappa shape index (κ3) is 4.30. The number of ether oxygens (including phenoxy) is 1. The van der Waals surface area contributed by atoms with Gasteiger partial charge in [0.1, 0.15) is 11.6 Å². The Morgan fingerprint density at radius 1 is 0.744 bits per heavy atom. The maximum atomic E-state index is 6.42. The largest absolute Gasteiger partial charge is 2.00 e. The number of benzene rings is 3. The van der Waals surface area contributed by atoms with Gasteiger partial charge >= 0.3 is 21.1 Å². The van der Waals surface area contributed by atoms with Crippen molar-refractivity contribution in [2.24, 2.45) is 0 Å². The summed E-state index contributed by atoms with van der Waals surface area (Å²) >= 11 is 0. The normalized spacial score (nSPS) is 12.0. The first-order chi connectivity index (χ1) is 20.4. The van der Waals surface area contributed by atoms with Gasteiger partial charge in [-0.3, -0.25) is 4.98 Å². The number of fused-ring (bicyclic) bond motifs is 9. The second kappa shape index (κ2) is 9.99. The van der Waals surface area contributed by atoms with Gasteiger partial charge in [0, 0.05) is 34.3 Å². The Balaban J connectivity index is 0.00000300. The molecule has 5 heterocycles. The predicted octanol–water partition coefficient (Wildman–Crippen LogP) is 7.92. The average molecular weight is 742 g/mol. The third-order valence-corrected chi connectivity index (χ3v) is 7.64. The van der Waals surface area contributed by atoms with E-state index < -0.39 is 0 Å². The van der Waals surface area contributed by atoms with Gasteiger partial charge in [-0.2, -0.15) is 11.2 Å². The van der Waals surface area contributed by atoms with Gasteiger partial charge in [-0.05, 0) is 42.6 Å². The van der Waals surface area contributed by atoms with Gasteiger partial charge in [0.15, 0.2) is 0 Å². The van der Waals surface area contributed by atoms with Crippen LogP contribution in [0.1, 0.15) is 32.3 Å².